The fourth-order valence-corrected chi connectivity index (χ4v) is 5.07. The number of benzene rings is 1. The number of methoxy groups -OCH3 is 1. The van der Waals surface area contributed by atoms with Crippen LogP contribution in [0.5, 0.6) is 0 Å². The van der Waals surface area contributed by atoms with Crippen LogP contribution in [0, 0.1) is 0 Å². The molecule has 1 fully saturated rings. The van der Waals surface area contributed by atoms with Crippen LogP contribution in [0.3, 0.4) is 0 Å². The monoisotopic (exact) mass is 380 g/mol. The predicted octanol–water partition coefficient (Wildman–Crippen LogP) is 0.838. The molecule has 0 aromatic heterocycles. The lowest BCUT2D eigenvalue weighted by molar-refractivity contribution is 0.195. The number of hydrogen-bond donors (Lipinski definition) is 2. The number of nitrogens with one attached hydrogen (secondary N) is 2. The molecule has 144 valence electrons. The van der Waals surface area contributed by atoms with Gasteiger partial charge in [-0.25, -0.2) is 8.42 Å². The number of aliphatic imine (C=N–C) groups is 1. The molecule has 0 saturated carbocycles. The normalized spacial score (nSPS) is 20.7. The molecule has 1 spiro atoms. The Morgan fingerprint density at radius 2 is 2.00 bits per heavy atom. The van der Waals surface area contributed by atoms with Gasteiger partial charge in [0.2, 0.25) is 10.0 Å². The van der Waals surface area contributed by atoms with Gasteiger partial charge < -0.3 is 15.4 Å². The third kappa shape index (κ3) is 4.09. The molecule has 1 aromatic rings. The van der Waals surface area contributed by atoms with E-state index in [1.165, 1.54) is 0 Å². The van der Waals surface area contributed by atoms with Gasteiger partial charge in [0.1, 0.15) is 5.84 Å². The van der Waals surface area contributed by atoms with Crippen molar-refractivity contribution in [2.45, 2.75) is 29.7 Å². The number of rotatable bonds is 6. The van der Waals surface area contributed by atoms with Crippen LogP contribution in [0.25, 0.3) is 0 Å². The Morgan fingerprint density at radius 1 is 1.27 bits per heavy atom. The van der Waals surface area contributed by atoms with Crippen LogP contribution in [0.4, 0.5) is 0 Å². The maximum absolute atomic E-state index is 12.8. The largest absolute Gasteiger partial charge is 0.385 e. The lowest BCUT2D eigenvalue weighted by Gasteiger charge is -2.44. The Hall–Kier alpha value is -1.48. The maximum atomic E-state index is 12.8. The standard InChI is InChI=1S/C18H28N4O3S/c1-25-15-5-10-19-17-18(21-12-11-20-17)8-13-22(14-9-18)26(23,24)16-6-3-2-4-7-16/h2-4,6-7,21H,5,8-15H2,1H3,(H,19,20). The van der Waals surface area contributed by atoms with Crippen LogP contribution in [-0.4, -0.2) is 70.5 Å². The summed E-state index contributed by atoms with van der Waals surface area (Å²) >= 11 is 0. The molecule has 2 N–H and O–H groups in total. The van der Waals surface area contributed by atoms with Crippen LogP contribution in [0.2, 0.25) is 0 Å². The van der Waals surface area contributed by atoms with E-state index in [2.05, 4.69) is 15.6 Å². The van der Waals surface area contributed by atoms with Gasteiger partial charge in [0.15, 0.2) is 0 Å². The first kappa shape index (κ1) is 19.3. The average molecular weight is 381 g/mol. The lowest BCUT2D eigenvalue weighted by atomic mass is 9.85. The molecule has 2 heterocycles. The van der Waals surface area contributed by atoms with Crippen molar-refractivity contribution >= 4 is 15.9 Å². The molecule has 2 aliphatic heterocycles. The van der Waals surface area contributed by atoms with E-state index in [4.69, 9.17) is 4.74 Å². The summed E-state index contributed by atoms with van der Waals surface area (Å²) in [7, 11) is -1.73. The van der Waals surface area contributed by atoms with Gasteiger partial charge in [-0.2, -0.15) is 4.31 Å². The third-order valence-corrected chi connectivity index (χ3v) is 6.99. The molecule has 1 saturated heterocycles. The highest BCUT2D eigenvalue weighted by molar-refractivity contribution is 7.89. The molecular weight excluding hydrogens is 352 g/mol. The van der Waals surface area contributed by atoms with Crippen molar-refractivity contribution in [2.75, 3.05) is 46.4 Å². The molecule has 0 atom stereocenters. The minimum absolute atomic E-state index is 0.242. The number of ether oxygens (including phenoxy) is 1. The molecule has 0 radical (unpaired) electrons. The summed E-state index contributed by atoms with van der Waals surface area (Å²) in [6.07, 6.45) is 2.35. The van der Waals surface area contributed by atoms with Crippen molar-refractivity contribution in [3.05, 3.63) is 30.3 Å². The van der Waals surface area contributed by atoms with Crippen LogP contribution in [0.15, 0.2) is 40.2 Å². The van der Waals surface area contributed by atoms with Crippen molar-refractivity contribution < 1.29 is 13.2 Å². The van der Waals surface area contributed by atoms with Crippen LogP contribution < -0.4 is 10.6 Å². The minimum Gasteiger partial charge on any atom is -0.385 e. The highest BCUT2D eigenvalue weighted by Crippen LogP contribution is 2.28. The van der Waals surface area contributed by atoms with Crippen molar-refractivity contribution in [2.24, 2.45) is 4.99 Å². The highest BCUT2D eigenvalue weighted by atomic mass is 32.2. The first-order chi connectivity index (χ1) is 12.6. The topological polar surface area (TPSA) is 83.0 Å². The smallest absolute Gasteiger partial charge is 0.243 e. The molecule has 0 aliphatic carbocycles. The number of amidine groups is 1. The molecular formula is C18H28N4O3S. The predicted molar refractivity (Wildman–Crippen MR) is 102 cm³/mol. The second kappa shape index (κ2) is 8.47. The number of sulfonamides is 1. The fourth-order valence-electron chi connectivity index (χ4n) is 3.61. The summed E-state index contributed by atoms with van der Waals surface area (Å²) in [5, 5.41) is 7.03. The van der Waals surface area contributed by atoms with Gasteiger partial charge in [-0.05, 0) is 31.4 Å². The van der Waals surface area contributed by atoms with Crippen molar-refractivity contribution in [1.29, 1.82) is 0 Å². The number of nitrogens with zero attached hydrogens (tertiary/aromatic N) is 2. The Bertz CT molecular complexity index is 713. The summed E-state index contributed by atoms with van der Waals surface area (Å²) in [5.41, 5.74) is -0.242. The zero-order valence-corrected chi connectivity index (χ0v) is 16.1. The summed E-state index contributed by atoms with van der Waals surface area (Å²) in [6.45, 7) is 4.08. The van der Waals surface area contributed by atoms with Gasteiger partial charge in [-0.15, -0.1) is 0 Å². The molecule has 0 amide bonds. The third-order valence-electron chi connectivity index (χ3n) is 5.07. The lowest BCUT2D eigenvalue weighted by Crippen LogP contribution is -2.64. The van der Waals surface area contributed by atoms with E-state index in [0.29, 0.717) is 24.6 Å². The van der Waals surface area contributed by atoms with E-state index >= 15 is 0 Å². The number of hydrogen-bond acceptors (Lipinski definition) is 6. The summed E-state index contributed by atoms with van der Waals surface area (Å²) in [4.78, 5) is 5.04. The fraction of sp³-hybridized carbons (Fsp3) is 0.611. The molecule has 1 aromatic carbocycles. The Balaban J connectivity index is 1.66. The van der Waals surface area contributed by atoms with E-state index < -0.39 is 10.0 Å². The summed E-state index contributed by atoms with van der Waals surface area (Å²) < 4.78 is 32.3. The Labute approximate surface area is 155 Å². The SMILES string of the molecule is COCCCNC1=NCCNC12CCN(S(=O)(=O)c1ccccc1)CC2. The van der Waals surface area contributed by atoms with E-state index in [9.17, 15) is 8.42 Å². The Morgan fingerprint density at radius 3 is 2.69 bits per heavy atom. The molecule has 3 rings (SSSR count). The number of piperidine rings is 1. The summed E-state index contributed by atoms with van der Waals surface area (Å²) in [6, 6.07) is 8.66. The highest BCUT2D eigenvalue weighted by Gasteiger charge is 2.42. The molecule has 0 bridgehead atoms. The Kier molecular flexibility index (Phi) is 6.29. The van der Waals surface area contributed by atoms with Crippen LogP contribution in [-0.2, 0) is 14.8 Å². The minimum atomic E-state index is -3.43. The van der Waals surface area contributed by atoms with E-state index in [0.717, 1.165) is 44.7 Å². The van der Waals surface area contributed by atoms with E-state index in [1.807, 2.05) is 6.07 Å². The van der Waals surface area contributed by atoms with Gasteiger partial charge in [0.25, 0.3) is 0 Å². The van der Waals surface area contributed by atoms with Crippen LogP contribution in [0.1, 0.15) is 19.3 Å². The van der Waals surface area contributed by atoms with Gasteiger partial charge in [-0.1, -0.05) is 18.2 Å². The maximum Gasteiger partial charge on any atom is 0.243 e. The molecule has 0 unspecified atom stereocenters. The van der Waals surface area contributed by atoms with Gasteiger partial charge in [0.05, 0.1) is 17.0 Å². The van der Waals surface area contributed by atoms with E-state index in [-0.39, 0.29) is 5.54 Å². The average Bonchev–Trinajstić information content (AvgIpc) is 2.68. The molecule has 7 nitrogen and oxygen atoms in total. The first-order valence-corrected chi connectivity index (χ1v) is 10.6. The second-order valence-electron chi connectivity index (χ2n) is 6.73. The second-order valence-corrected chi connectivity index (χ2v) is 8.67. The molecule has 26 heavy (non-hydrogen) atoms. The zero-order valence-electron chi connectivity index (χ0n) is 15.3. The van der Waals surface area contributed by atoms with E-state index in [1.54, 1.807) is 35.7 Å². The van der Waals surface area contributed by atoms with Gasteiger partial charge in [-0.3, -0.25) is 4.99 Å². The van der Waals surface area contributed by atoms with Gasteiger partial charge >= 0.3 is 0 Å². The first-order valence-electron chi connectivity index (χ1n) is 9.16. The van der Waals surface area contributed by atoms with Crippen LogP contribution >= 0.6 is 0 Å². The van der Waals surface area contributed by atoms with Crippen molar-refractivity contribution in [1.82, 2.24) is 14.9 Å². The van der Waals surface area contributed by atoms with Crippen molar-refractivity contribution in [3.8, 4) is 0 Å². The molecule has 8 heteroatoms. The quantitative estimate of drug-likeness (QED) is 0.715. The molecule has 2 aliphatic rings. The van der Waals surface area contributed by atoms with Crippen molar-refractivity contribution in [3.63, 3.8) is 0 Å². The van der Waals surface area contributed by atoms with Gasteiger partial charge in [0, 0.05) is 39.9 Å². The zero-order chi connectivity index (χ0) is 18.5. The summed E-state index contributed by atoms with van der Waals surface area (Å²) in [5.74, 6) is 0.969.